The van der Waals surface area contributed by atoms with E-state index >= 15 is 0 Å². The lowest BCUT2D eigenvalue weighted by atomic mass is 9.97. The zero-order chi connectivity index (χ0) is 21.8. The van der Waals surface area contributed by atoms with Crippen LogP contribution in [0.5, 0.6) is 0 Å². The number of likely N-dealkylation sites (tertiary alicyclic amines) is 1. The van der Waals surface area contributed by atoms with E-state index in [9.17, 15) is 19.1 Å². The highest BCUT2D eigenvalue weighted by Crippen LogP contribution is 2.24. The van der Waals surface area contributed by atoms with Crippen molar-refractivity contribution in [2.24, 2.45) is 5.92 Å². The molecule has 1 aromatic heterocycles. The highest BCUT2D eigenvalue weighted by atomic mass is 19.1. The molecule has 0 radical (unpaired) electrons. The van der Waals surface area contributed by atoms with Crippen molar-refractivity contribution in [2.45, 2.75) is 12.8 Å². The van der Waals surface area contributed by atoms with Crippen LogP contribution in [-0.4, -0.2) is 41.5 Å². The second kappa shape index (κ2) is 9.14. The summed E-state index contributed by atoms with van der Waals surface area (Å²) in [6.07, 6.45) is 1.57. The second-order valence-electron chi connectivity index (χ2n) is 7.62. The summed E-state index contributed by atoms with van der Waals surface area (Å²) < 4.78 is 18.7. The van der Waals surface area contributed by atoms with Gasteiger partial charge in [0.2, 0.25) is 0 Å². The molecule has 3 aromatic rings. The number of nitrogens with zero attached hydrogens (tertiary/aromatic N) is 1. The van der Waals surface area contributed by atoms with Gasteiger partial charge in [-0.1, -0.05) is 6.07 Å². The van der Waals surface area contributed by atoms with E-state index in [1.165, 1.54) is 12.1 Å². The predicted octanol–water partition coefficient (Wildman–Crippen LogP) is 4.18. The van der Waals surface area contributed by atoms with Crippen molar-refractivity contribution in [1.29, 1.82) is 0 Å². The number of aliphatic hydroxyl groups excluding tert-OH is 1. The van der Waals surface area contributed by atoms with Gasteiger partial charge in [-0.15, -0.1) is 0 Å². The van der Waals surface area contributed by atoms with Crippen molar-refractivity contribution in [3.8, 4) is 11.3 Å². The van der Waals surface area contributed by atoms with E-state index in [-0.39, 0.29) is 30.0 Å². The fourth-order valence-electron chi connectivity index (χ4n) is 3.65. The Hall–Kier alpha value is -3.45. The molecule has 160 valence electrons. The SMILES string of the molecule is O=C(Nc1cccc(C(=O)N2CCC(CO)CC2)c1)c1ccc(-c2ccc(F)cc2)o1. The summed E-state index contributed by atoms with van der Waals surface area (Å²) in [6, 6.07) is 15.8. The van der Waals surface area contributed by atoms with Crippen LogP contribution in [0.4, 0.5) is 10.1 Å². The number of benzene rings is 2. The number of hydrogen-bond donors (Lipinski definition) is 2. The zero-order valence-corrected chi connectivity index (χ0v) is 16.9. The van der Waals surface area contributed by atoms with E-state index in [4.69, 9.17) is 4.42 Å². The Balaban J connectivity index is 1.42. The van der Waals surface area contributed by atoms with Crippen molar-refractivity contribution in [2.75, 3.05) is 25.0 Å². The molecule has 0 atom stereocenters. The lowest BCUT2D eigenvalue weighted by Gasteiger charge is -2.31. The highest BCUT2D eigenvalue weighted by Gasteiger charge is 2.23. The molecule has 1 aliphatic heterocycles. The third kappa shape index (κ3) is 4.83. The van der Waals surface area contributed by atoms with Gasteiger partial charge in [0.25, 0.3) is 11.8 Å². The maximum atomic E-state index is 13.1. The minimum Gasteiger partial charge on any atom is -0.451 e. The average Bonchev–Trinajstić information content (AvgIpc) is 3.30. The van der Waals surface area contributed by atoms with Crippen molar-refractivity contribution in [1.82, 2.24) is 4.90 Å². The van der Waals surface area contributed by atoms with Gasteiger partial charge in [0.05, 0.1) is 0 Å². The van der Waals surface area contributed by atoms with E-state index in [2.05, 4.69) is 5.32 Å². The third-order valence-corrected chi connectivity index (χ3v) is 5.49. The van der Waals surface area contributed by atoms with Gasteiger partial charge in [-0.2, -0.15) is 0 Å². The zero-order valence-electron chi connectivity index (χ0n) is 16.9. The Morgan fingerprint density at radius 3 is 2.52 bits per heavy atom. The van der Waals surface area contributed by atoms with Crippen LogP contribution in [0.25, 0.3) is 11.3 Å². The van der Waals surface area contributed by atoms with Crippen LogP contribution >= 0.6 is 0 Å². The molecule has 0 aliphatic carbocycles. The molecule has 0 bridgehead atoms. The molecular weight excluding hydrogens is 399 g/mol. The smallest absolute Gasteiger partial charge is 0.291 e. The maximum absolute atomic E-state index is 13.1. The average molecular weight is 422 g/mol. The van der Waals surface area contributed by atoms with Crippen molar-refractivity contribution in [3.63, 3.8) is 0 Å². The predicted molar refractivity (Wildman–Crippen MR) is 114 cm³/mol. The Kier molecular flexibility index (Phi) is 6.13. The summed E-state index contributed by atoms with van der Waals surface area (Å²) in [4.78, 5) is 27.1. The van der Waals surface area contributed by atoms with Gasteiger partial charge < -0.3 is 19.7 Å². The molecule has 1 aliphatic rings. The number of anilines is 1. The van der Waals surface area contributed by atoms with E-state index in [1.54, 1.807) is 53.4 Å². The normalized spacial score (nSPS) is 14.5. The number of aliphatic hydroxyl groups is 1. The topological polar surface area (TPSA) is 82.8 Å². The van der Waals surface area contributed by atoms with Crippen LogP contribution in [-0.2, 0) is 0 Å². The van der Waals surface area contributed by atoms with Crippen LogP contribution in [0.2, 0.25) is 0 Å². The number of rotatable bonds is 5. The summed E-state index contributed by atoms with van der Waals surface area (Å²) >= 11 is 0. The first-order valence-corrected chi connectivity index (χ1v) is 10.2. The first-order valence-electron chi connectivity index (χ1n) is 10.2. The molecule has 1 saturated heterocycles. The van der Waals surface area contributed by atoms with Crippen molar-refractivity contribution >= 4 is 17.5 Å². The minimum absolute atomic E-state index is 0.0934. The van der Waals surface area contributed by atoms with E-state index in [0.29, 0.717) is 35.7 Å². The number of nitrogens with one attached hydrogen (secondary N) is 1. The quantitative estimate of drug-likeness (QED) is 0.646. The second-order valence-corrected chi connectivity index (χ2v) is 7.62. The van der Waals surface area contributed by atoms with Crippen molar-refractivity contribution < 1.29 is 23.5 Å². The third-order valence-electron chi connectivity index (χ3n) is 5.49. The number of furan rings is 1. The van der Waals surface area contributed by atoms with Crippen LogP contribution < -0.4 is 5.32 Å². The van der Waals surface area contributed by atoms with E-state index in [1.807, 2.05) is 0 Å². The summed E-state index contributed by atoms with van der Waals surface area (Å²) in [5.74, 6) is -0.0588. The molecular formula is C24H23FN2O4. The summed E-state index contributed by atoms with van der Waals surface area (Å²) in [7, 11) is 0. The number of hydrogen-bond acceptors (Lipinski definition) is 4. The number of halogens is 1. The first-order chi connectivity index (χ1) is 15.0. The maximum Gasteiger partial charge on any atom is 0.291 e. The number of carbonyl (C=O) groups is 2. The molecule has 31 heavy (non-hydrogen) atoms. The molecule has 6 nitrogen and oxygen atoms in total. The molecule has 2 aromatic carbocycles. The minimum atomic E-state index is -0.443. The lowest BCUT2D eigenvalue weighted by molar-refractivity contribution is 0.0650. The summed E-state index contributed by atoms with van der Waals surface area (Å²) in [5, 5.41) is 12.0. The molecule has 2 amide bonds. The van der Waals surface area contributed by atoms with Gasteiger partial charge in [-0.05, 0) is 73.4 Å². The molecule has 2 heterocycles. The largest absolute Gasteiger partial charge is 0.451 e. The van der Waals surface area contributed by atoms with Gasteiger partial charge in [0, 0.05) is 36.5 Å². The van der Waals surface area contributed by atoms with Crippen LogP contribution in [0.3, 0.4) is 0 Å². The molecule has 2 N–H and O–H groups in total. The van der Waals surface area contributed by atoms with Crippen LogP contribution in [0.1, 0.15) is 33.8 Å². The lowest BCUT2D eigenvalue weighted by Crippen LogP contribution is -2.39. The first kappa shape index (κ1) is 20.8. The standard InChI is InChI=1S/C24H23FN2O4/c25-19-6-4-17(5-7-19)21-8-9-22(31-21)23(29)26-20-3-1-2-18(14-20)24(30)27-12-10-16(15-28)11-13-27/h1-9,14,16,28H,10-13,15H2,(H,26,29). The fraction of sp³-hybridized carbons (Fsp3) is 0.250. The van der Waals surface area contributed by atoms with E-state index < -0.39 is 5.91 Å². The van der Waals surface area contributed by atoms with Gasteiger partial charge >= 0.3 is 0 Å². The van der Waals surface area contributed by atoms with Gasteiger partial charge in [-0.3, -0.25) is 9.59 Å². The molecule has 1 fully saturated rings. The summed E-state index contributed by atoms with van der Waals surface area (Å²) in [5.41, 5.74) is 1.64. The number of amides is 2. The highest BCUT2D eigenvalue weighted by molar-refractivity contribution is 6.03. The van der Waals surface area contributed by atoms with Gasteiger partial charge in [-0.25, -0.2) is 4.39 Å². The molecule has 0 saturated carbocycles. The number of piperidine rings is 1. The van der Waals surface area contributed by atoms with Gasteiger partial charge in [0.15, 0.2) is 5.76 Å². The van der Waals surface area contributed by atoms with Crippen molar-refractivity contribution in [3.05, 3.63) is 77.8 Å². The van der Waals surface area contributed by atoms with Crippen LogP contribution in [0.15, 0.2) is 65.1 Å². The fourth-order valence-corrected chi connectivity index (χ4v) is 3.65. The Morgan fingerprint density at radius 2 is 1.81 bits per heavy atom. The molecule has 0 unspecified atom stereocenters. The molecule has 0 spiro atoms. The molecule has 7 heteroatoms. The van der Waals surface area contributed by atoms with Gasteiger partial charge in [0.1, 0.15) is 11.6 Å². The Labute approximate surface area is 179 Å². The van der Waals surface area contributed by atoms with E-state index in [0.717, 1.165) is 12.8 Å². The monoisotopic (exact) mass is 422 g/mol. The Bertz CT molecular complexity index is 1070. The summed E-state index contributed by atoms with van der Waals surface area (Å²) in [6.45, 7) is 1.37. The van der Waals surface area contributed by atoms with Crippen LogP contribution in [0, 0.1) is 11.7 Å². The Morgan fingerprint density at radius 1 is 1.06 bits per heavy atom. The molecule has 4 rings (SSSR count). The number of carbonyl (C=O) groups excluding carboxylic acids is 2.